The second kappa shape index (κ2) is 12.9. The fourth-order valence-corrected chi connectivity index (χ4v) is 3.08. The van der Waals surface area contributed by atoms with Crippen LogP contribution in [0.5, 0.6) is 5.75 Å². The van der Waals surface area contributed by atoms with Crippen molar-refractivity contribution in [2.24, 2.45) is 0 Å². The monoisotopic (exact) mass is 400 g/mol. The molecule has 0 fully saturated rings. The number of benzene rings is 2. The Labute approximate surface area is 172 Å². The van der Waals surface area contributed by atoms with Crippen molar-refractivity contribution in [1.29, 1.82) is 0 Å². The van der Waals surface area contributed by atoms with Gasteiger partial charge in [-0.1, -0.05) is 42.5 Å². The molecule has 1 unspecified atom stereocenters. The number of amides is 1. The van der Waals surface area contributed by atoms with E-state index < -0.39 is 0 Å². The Bertz CT molecular complexity index is 786. The summed E-state index contributed by atoms with van der Waals surface area (Å²) in [5.41, 5.74) is 2.83. The SMILES string of the molecule is COCC(C)NCC(=CCCCCC(=O)NO)COc1cccc2ccccc12. The van der Waals surface area contributed by atoms with Crippen LogP contribution in [0.15, 0.2) is 54.1 Å². The van der Waals surface area contributed by atoms with Gasteiger partial charge < -0.3 is 14.8 Å². The van der Waals surface area contributed by atoms with Gasteiger partial charge in [0.2, 0.25) is 5.91 Å². The molecular weight excluding hydrogens is 368 g/mol. The molecule has 0 aliphatic carbocycles. The van der Waals surface area contributed by atoms with E-state index in [0.29, 0.717) is 26.2 Å². The molecule has 6 nitrogen and oxygen atoms in total. The maximum atomic E-state index is 11.1. The Balaban J connectivity index is 1.96. The summed E-state index contributed by atoms with van der Waals surface area (Å²) < 4.78 is 11.3. The van der Waals surface area contributed by atoms with Crippen molar-refractivity contribution >= 4 is 16.7 Å². The highest BCUT2D eigenvalue weighted by atomic mass is 16.5. The zero-order valence-corrected chi connectivity index (χ0v) is 17.3. The minimum absolute atomic E-state index is 0.245. The molecule has 3 N–H and O–H groups in total. The summed E-state index contributed by atoms with van der Waals surface area (Å²) in [4.78, 5) is 11.1. The quantitative estimate of drug-likeness (QED) is 0.206. The number of unbranched alkanes of at least 4 members (excludes halogenated alkanes) is 2. The molecule has 6 heteroatoms. The number of allylic oxidation sites excluding steroid dienone is 1. The lowest BCUT2D eigenvalue weighted by Crippen LogP contribution is -2.32. The number of rotatable bonds is 13. The number of carbonyl (C=O) groups is 1. The molecule has 29 heavy (non-hydrogen) atoms. The van der Waals surface area contributed by atoms with Crippen molar-refractivity contribution in [1.82, 2.24) is 10.8 Å². The van der Waals surface area contributed by atoms with E-state index in [1.165, 1.54) is 0 Å². The number of carbonyl (C=O) groups excluding carboxylic acids is 1. The first-order chi connectivity index (χ1) is 14.1. The molecule has 2 aromatic carbocycles. The first kappa shape index (κ1) is 22.9. The van der Waals surface area contributed by atoms with Crippen LogP contribution in [-0.2, 0) is 9.53 Å². The van der Waals surface area contributed by atoms with E-state index in [4.69, 9.17) is 14.7 Å². The molecule has 0 aliphatic heterocycles. The van der Waals surface area contributed by atoms with Crippen molar-refractivity contribution < 1.29 is 19.5 Å². The van der Waals surface area contributed by atoms with Gasteiger partial charge >= 0.3 is 0 Å². The lowest BCUT2D eigenvalue weighted by atomic mass is 10.1. The number of methoxy groups -OCH3 is 1. The third-order valence-corrected chi connectivity index (χ3v) is 4.67. The van der Waals surface area contributed by atoms with E-state index in [9.17, 15) is 4.79 Å². The van der Waals surface area contributed by atoms with E-state index in [2.05, 4.69) is 36.5 Å². The summed E-state index contributed by atoms with van der Waals surface area (Å²) in [6.45, 7) is 3.94. The highest BCUT2D eigenvalue weighted by Crippen LogP contribution is 2.25. The van der Waals surface area contributed by atoms with Crippen molar-refractivity contribution in [3.8, 4) is 5.75 Å². The number of hydrogen-bond donors (Lipinski definition) is 3. The molecule has 158 valence electrons. The molecule has 0 saturated heterocycles. The molecule has 0 aromatic heterocycles. The average Bonchev–Trinajstić information content (AvgIpc) is 2.74. The number of fused-ring (bicyclic) bond motifs is 1. The Morgan fingerprint density at radius 2 is 1.97 bits per heavy atom. The van der Waals surface area contributed by atoms with Gasteiger partial charge in [0, 0.05) is 31.5 Å². The molecule has 1 atom stereocenters. The summed E-state index contributed by atoms with van der Waals surface area (Å²) >= 11 is 0. The van der Waals surface area contributed by atoms with Crippen LogP contribution in [0.2, 0.25) is 0 Å². The first-order valence-corrected chi connectivity index (χ1v) is 10.1. The average molecular weight is 401 g/mol. The topological polar surface area (TPSA) is 79.8 Å². The van der Waals surface area contributed by atoms with Crippen LogP contribution in [0.1, 0.15) is 32.6 Å². The van der Waals surface area contributed by atoms with Gasteiger partial charge in [-0.05, 0) is 43.2 Å². The standard InChI is InChI=1S/C23H32N2O4/c1-18(16-28-2)24-15-19(9-4-3-5-14-23(26)25-27)17-29-22-13-8-11-20-10-6-7-12-21(20)22/h6-13,18,24,27H,3-5,14-17H2,1-2H3,(H,25,26). The van der Waals surface area contributed by atoms with Crippen molar-refractivity contribution in [3.63, 3.8) is 0 Å². The van der Waals surface area contributed by atoms with Gasteiger partial charge in [-0.2, -0.15) is 0 Å². The number of hydrogen-bond acceptors (Lipinski definition) is 5. The van der Waals surface area contributed by atoms with Gasteiger partial charge in [-0.15, -0.1) is 0 Å². The van der Waals surface area contributed by atoms with Crippen LogP contribution >= 0.6 is 0 Å². The second-order valence-corrected chi connectivity index (χ2v) is 7.15. The van der Waals surface area contributed by atoms with Crippen LogP contribution in [0, 0.1) is 0 Å². The van der Waals surface area contributed by atoms with Gasteiger partial charge in [-0.25, -0.2) is 5.48 Å². The highest BCUT2D eigenvalue weighted by Gasteiger charge is 2.06. The zero-order chi connectivity index (χ0) is 20.9. The molecule has 0 spiro atoms. The molecule has 1 amide bonds. The number of nitrogens with one attached hydrogen (secondary N) is 2. The third-order valence-electron chi connectivity index (χ3n) is 4.67. The number of ether oxygens (including phenoxy) is 2. The van der Waals surface area contributed by atoms with Crippen LogP contribution in [-0.4, -0.2) is 44.0 Å². The molecule has 2 aromatic rings. The van der Waals surface area contributed by atoms with Crippen molar-refractivity contribution in [2.45, 2.75) is 38.6 Å². The van der Waals surface area contributed by atoms with Crippen molar-refractivity contribution in [3.05, 3.63) is 54.1 Å². The van der Waals surface area contributed by atoms with Crippen molar-refractivity contribution in [2.75, 3.05) is 26.9 Å². The fourth-order valence-electron chi connectivity index (χ4n) is 3.08. The van der Waals surface area contributed by atoms with Crippen LogP contribution in [0.25, 0.3) is 10.8 Å². The predicted octanol–water partition coefficient (Wildman–Crippen LogP) is 3.84. The Morgan fingerprint density at radius 1 is 1.17 bits per heavy atom. The smallest absolute Gasteiger partial charge is 0.243 e. The van der Waals surface area contributed by atoms with Gasteiger partial charge in [0.25, 0.3) is 0 Å². The van der Waals surface area contributed by atoms with E-state index in [-0.39, 0.29) is 11.9 Å². The Morgan fingerprint density at radius 3 is 2.76 bits per heavy atom. The van der Waals surface area contributed by atoms with E-state index in [1.54, 1.807) is 12.6 Å². The van der Waals surface area contributed by atoms with Crippen LogP contribution in [0.3, 0.4) is 0 Å². The summed E-state index contributed by atoms with van der Waals surface area (Å²) in [5, 5.41) is 14.3. The molecule has 0 heterocycles. The fraction of sp³-hybridized carbons (Fsp3) is 0.435. The maximum Gasteiger partial charge on any atom is 0.243 e. The highest BCUT2D eigenvalue weighted by molar-refractivity contribution is 5.88. The minimum atomic E-state index is -0.344. The predicted molar refractivity (Wildman–Crippen MR) is 115 cm³/mol. The summed E-state index contributed by atoms with van der Waals surface area (Å²) in [5.74, 6) is 0.530. The maximum absolute atomic E-state index is 11.1. The summed E-state index contributed by atoms with van der Waals surface area (Å²) in [7, 11) is 1.70. The zero-order valence-electron chi connectivity index (χ0n) is 17.3. The minimum Gasteiger partial charge on any atom is -0.489 e. The number of hydroxylamine groups is 1. The first-order valence-electron chi connectivity index (χ1n) is 10.1. The molecule has 0 saturated carbocycles. The molecule has 0 bridgehead atoms. The summed E-state index contributed by atoms with van der Waals surface area (Å²) in [6.07, 6.45) is 4.96. The Kier molecular flexibility index (Phi) is 10.2. The second-order valence-electron chi connectivity index (χ2n) is 7.15. The van der Waals surface area contributed by atoms with E-state index in [1.807, 2.05) is 24.3 Å². The largest absolute Gasteiger partial charge is 0.489 e. The Hall–Kier alpha value is -2.41. The van der Waals surface area contributed by atoms with E-state index >= 15 is 0 Å². The molecule has 0 radical (unpaired) electrons. The third kappa shape index (κ3) is 8.23. The lowest BCUT2D eigenvalue weighted by molar-refractivity contribution is -0.129. The molecule has 2 rings (SSSR count). The van der Waals surface area contributed by atoms with Crippen LogP contribution < -0.4 is 15.5 Å². The van der Waals surface area contributed by atoms with Gasteiger partial charge in [0.05, 0.1) is 6.61 Å². The van der Waals surface area contributed by atoms with E-state index in [0.717, 1.165) is 41.4 Å². The van der Waals surface area contributed by atoms with Crippen LogP contribution in [0.4, 0.5) is 0 Å². The normalized spacial score (nSPS) is 12.7. The molecule has 0 aliphatic rings. The van der Waals surface area contributed by atoms with Gasteiger partial charge in [0.15, 0.2) is 0 Å². The van der Waals surface area contributed by atoms with Gasteiger partial charge in [0.1, 0.15) is 12.4 Å². The van der Waals surface area contributed by atoms with Gasteiger partial charge in [-0.3, -0.25) is 10.0 Å². The summed E-state index contributed by atoms with van der Waals surface area (Å²) in [6, 6.07) is 14.5. The lowest BCUT2D eigenvalue weighted by Gasteiger charge is -2.16. The molecular formula is C23H32N2O4.